The van der Waals surface area contributed by atoms with Gasteiger partial charge in [0, 0.05) is 0 Å². The van der Waals surface area contributed by atoms with Crippen LogP contribution in [-0.2, 0) is 6.56 Å². The van der Waals surface area contributed by atoms with Gasteiger partial charge in [0.1, 0.15) is 5.75 Å². The first kappa shape index (κ1) is 4.74. The van der Waals surface area contributed by atoms with Gasteiger partial charge in [-0.25, -0.2) is 0 Å². The predicted molar refractivity (Wildman–Crippen MR) is 38.9 cm³/mol. The molecule has 0 saturated heterocycles. The van der Waals surface area contributed by atoms with Crippen molar-refractivity contribution in [2.45, 2.75) is 6.56 Å². The molecule has 0 saturated carbocycles. The van der Waals surface area contributed by atoms with Crippen LogP contribution in [0.5, 0.6) is 5.75 Å². The van der Waals surface area contributed by atoms with Crippen molar-refractivity contribution in [2.75, 3.05) is 7.11 Å². The second-order valence-corrected chi connectivity index (χ2v) is 1.84. The summed E-state index contributed by atoms with van der Waals surface area (Å²) in [6, 6.07) is 6.28. The van der Waals surface area contributed by atoms with E-state index >= 15 is 0 Å². The molecule has 0 bridgehead atoms. The van der Waals surface area contributed by atoms with Gasteiger partial charge in [-0.1, -0.05) is 12.1 Å². The summed E-state index contributed by atoms with van der Waals surface area (Å²) in [5.74, 6) is 0.533. The van der Waals surface area contributed by atoms with Crippen LogP contribution in [0.4, 0.5) is 0 Å². The van der Waals surface area contributed by atoms with E-state index in [9.17, 15) is 0 Å². The van der Waals surface area contributed by atoms with E-state index in [0.29, 0.717) is 5.75 Å². The van der Waals surface area contributed by atoms with E-state index in [2.05, 4.69) is 0 Å². The zero-order chi connectivity index (χ0) is 9.19. The molecule has 2 heteroatoms. The molecule has 1 N–H and O–H groups in total. The van der Waals surface area contributed by atoms with Crippen LogP contribution in [0.2, 0.25) is 0 Å². The normalized spacial score (nSPS) is 13.8. The number of hydrogen-bond acceptors (Lipinski definition) is 2. The minimum atomic E-state index is -2.30. The van der Waals surface area contributed by atoms with Gasteiger partial charge >= 0.3 is 0 Å². The van der Waals surface area contributed by atoms with Crippen molar-refractivity contribution in [1.82, 2.24) is 0 Å². The van der Waals surface area contributed by atoms with Crippen LogP contribution in [0.3, 0.4) is 0 Å². The Hall–Kier alpha value is -1.02. The fraction of sp³-hybridized carbons (Fsp3) is 0.250. The molecule has 0 unspecified atom stereocenters. The molecular weight excluding hydrogens is 128 g/mol. The Kier molecular flexibility index (Phi) is 1.53. The lowest BCUT2D eigenvalue weighted by Gasteiger charge is -1.99. The Bertz CT molecular complexity index is 268. The number of aliphatic hydroxyl groups is 1. The molecule has 1 aromatic rings. The summed E-state index contributed by atoms with van der Waals surface area (Å²) in [6.07, 6.45) is 0. The van der Waals surface area contributed by atoms with Gasteiger partial charge < -0.3 is 9.84 Å². The monoisotopic (exact) mass is 140 g/mol. The second-order valence-electron chi connectivity index (χ2n) is 1.84. The fourth-order valence-corrected chi connectivity index (χ4v) is 0.693. The average molecular weight is 140 g/mol. The Morgan fingerprint density at radius 1 is 1.70 bits per heavy atom. The number of benzene rings is 1. The summed E-state index contributed by atoms with van der Waals surface area (Å²) in [4.78, 5) is 0. The predicted octanol–water partition coefficient (Wildman–Crippen LogP) is 1.19. The zero-order valence-electron chi connectivity index (χ0n) is 7.66. The first-order valence-corrected chi connectivity index (χ1v) is 2.91. The molecular formula is C8H10O2. The lowest BCUT2D eigenvalue weighted by Crippen LogP contribution is -1.85. The van der Waals surface area contributed by atoms with Crippen molar-refractivity contribution in [3.63, 3.8) is 0 Å². The first-order valence-electron chi connectivity index (χ1n) is 3.91. The minimum Gasteiger partial charge on any atom is -0.497 e. The summed E-state index contributed by atoms with van der Waals surface area (Å²) in [5, 5.41) is 8.99. The van der Waals surface area contributed by atoms with Gasteiger partial charge in [-0.05, 0) is 17.7 Å². The van der Waals surface area contributed by atoms with Crippen LogP contribution in [0, 0.1) is 0 Å². The Morgan fingerprint density at radius 3 is 3.10 bits per heavy atom. The van der Waals surface area contributed by atoms with E-state index in [1.165, 1.54) is 19.2 Å². The van der Waals surface area contributed by atoms with Gasteiger partial charge in [-0.3, -0.25) is 0 Å². The maximum Gasteiger partial charge on any atom is 0.119 e. The molecule has 0 aliphatic carbocycles. The molecule has 54 valence electrons. The van der Waals surface area contributed by atoms with Crippen LogP contribution >= 0.6 is 0 Å². The highest BCUT2D eigenvalue weighted by atomic mass is 16.5. The molecule has 10 heavy (non-hydrogen) atoms. The summed E-state index contributed by atoms with van der Waals surface area (Å²) < 4.78 is 18.9. The lowest BCUT2D eigenvalue weighted by molar-refractivity contribution is 0.281. The molecule has 0 aliphatic rings. The Balaban J connectivity index is 3.02. The van der Waals surface area contributed by atoms with Gasteiger partial charge in [0.2, 0.25) is 0 Å². The third-order valence-electron chi connectivity index (χ3n) is 1.20. The van der Waals surface area contributed by atoms with Gasteiger partial charge in [0.05, 0.1) is 16.4 Å². The molecule has 0 spiro atoms. The maximum atomic E-state index is 8.99. The number of hydrogen-bond donors (Lipinski definition) is 1. The molecule has 0 aromatic heterocycles. The van der Waals surface area contributed by atoms with Gasteiger partial charge in [-0.2, -0.15) is 0 Å². The highest BCUT2D eigenvalue weighted by molar-refractivity contribution is 5.27. The largest absolute Gasteiger partial charge is 0.497 e. The lowest BCUT2D eigenvalue weighted by atomic mass is 10.2. The van der Waals surface area contributed by atoms with E-state index in [0.717, 1.165) is 0 Å². The molecule has 1 aromatic carbocycles. The quantitative estimate of drug-likeness (QED) is 0.668. The first-order chi connectivity index (χ1) is 5.54. The molecule has 0 amide bonds. The molecule has 0 heterocycles. The van der Waals surface area contributed by atoms with Crippen molar-refractivity contribution < 1.29 is 12.6 Å². The van der Waals surface area contributed by atoms with Crippen molar-refractivity contribution in [3.05, 3.63) is 29.8 Å². The van der Waals surface area contributed by atoms with E-state index < -0.39 is 6.56 Å². The van der Waals surface area contributed by atoms with E-state index in [-0.39, 0.29) is 5.56 Å². The molecule has 0 fully saturated rings. The van der Waals surface area contributed by atoms with Crippen molar-refractivity contribution in [2.24, 2.45) is 0 Å². The molecule has 0 atom stereocenters. The minimum absolute atomic E-state index is 0.196. The third kappa shape index (κ3) is 1.48. The topological polar surface area (TPSA) is 29.5 Å². The van der Waals surface area contributed by atoms with Crippen molar-refractivity contribution in [3.8, 4) is 5.75 Å². The SMILES string of the molecule is [2H]C([2H])(O)c1cccc(OC)c1. The van der Waals surface area contributed by atoms with Crippen LogP contribution in [0.1, 0.15) is 8.30 Å². The number of ether oxygens (including phenoxy) is 1. The van der Waals surface area contributed by atoms with E-state index in [1.54, 1.807) is 12.1 Å². The summed E-state index contributed by atoms with van der Waals surface area (Å²) in [7, 11) is 1.49. The summed E-state index contributed by atoms with van der Waals surface area (Å²) in [6.45, 7) is -2.30. The van der Waals surface area contributed by atoms with Gasteiger partial charge in [0.15, 0.2) is 0 Å². The van der Waals surface area contributed by atoms with Crippen LogP contribution < -0.4 is 4.74 Å². The molecule has 0 radical (unpaired) electrons. The molecule has 1 rings (SSSR count). The molecule has 0 aliphatic heterocycles. The highest BCUT2D eigenvalue weighted by Crippen LogP contribution is 2.11. The van der Waals surface area contributed by atoms with Crippen molar-refractivity contribution >= 4 is 0 Å². The van der Waals surface area contributed by atoms with Crippen molar-refractivity contribution in [1.29, 1.82) is 0 Å². The standard InChI is InChI=1S/C8H10O2/c1-10-8-4-2-3-7(5-8)6-9/h2-5,9H,6H2,1H3/i6D2. The molecule has 2 nitrogen and oxygen atoms in total. The average Bonchev–Trinajstić information content (AvgIpc) is 2.03. The maximum absolute atomic E-state index is 8.99. The van der Waals surface area contributed by atoms with E-state index in [1.807, 2.05) is 0 Å². The Morgan fingerprint density at radius 2 is 2.50 bits per heavy atom. The Labute approximate surface area is 62.9 Å². The van der Waals surface area contributed by atoms with Gasteiger partial charge in [0.25, 0.3) is 0 Å². The van der Waals surface area contributed by atoms with Crippen LogP contribution in [0.25, 0.3) is 0 Å². The smallest absolute Gasteiger partial charge is 0.119 e. The number of rotatable bonds is 2. The van der Waals surface area contributed by atoms with Crippen LogP contribution in [-0.4, -0.2) is 12.2 Å². The fourth-order valence-electron chi connectivity index (χ4n) is 0.693. The van der Waals surface area contributed by atoms with Crippen LogP contribution in [0.15, 0.2) is 24.3 Å². The second kappa shape index (κ2) is 3.22. The van der Waals surface area contributed by atoms with E-state index in [4.69, 9.17) is 12.6 Å². The summed E-state index contributed by atoms with van der Waals surface area (Å²) in [5.41, 5.74) is 0.196. The highest BCUT2D eigenvalue weighted by Gasteiger charge is 1.91. The zero-order valence-corrected chi connectivity index (χ0v) is 5.66. The third-order valence-corrected chi connectivity index (χ3v) is 1.20. The number of methoxy groups -OCH3 is 1. The van der Waals surface area contributed by atoms with Gasteiger partial charge in [-0.15, -0.1) is 0 Å². The summed E-state index contributed by atoms with van der Waals surface area (Å²) >= 11 is 0.